The maximum absolute atomic E-state index is 12.8. The number of alkyl halides is 3. The van der Waals surface area contributed by atoms with Crippen LogP contribution in [0.15, 0.2) is 24.3 Å². The summed E-state index contributed by atoms with van der Waals surface area (Å²) in [7, 11) is 0. The lowest BCUT2D eigenvalue weighted by molar-refractivity contribution is -0.137. The van der Waals surface area contributed by atoms with Gasteiger partial charge >= 0.3 is 6.18 Å². The fourth-order valence-electron chi connectivity index (χ4n) is 3.31. The van der Waals surface area contributed by atoms with Crippen LogP contribution in [0.1, 0.15) is 33.6 Å². The standard InChI is InChI=1S/C20H18F3N5O3S/c21-20(22,23)11-3-1-10(2-4-11)9-31-17-13-14(24)15(16(25)30)32-18(13)27-19(26-17)28-7-5-12(29)6-8-28/h1-4H,5-9,24H2,(H2,25,30). The van der Waals surface area contributed by atoms with Gasteiger partial charge in [0.05, 0.1) is 16.6 Å². The fraction of sp³-hybridized carbons (Fsp3) is 0.300. The average molecular weight is 465 g/mol. The summed E-state index contributed by atoms with van der Waals surface area (Å²) in [5, 5.41) is 0.313. The van der Waals surface area contributed by atoms with E-state index in [1.807, 2.05) is 4.90 Å². The number of hydrogen-bond acceptors (Lipinski definition) is 8. The van der Waals surface area contributed by atoms with E-state index in [9.17, 15) is 22.8 Å². The summed E-state index contributed by atoms with van der Waals surface area (Å²) >= 11 is 1.00. The molecular formula is C20H18F3N5O3S. The molecule has 4 N–H and O–H groups in total. The van der Waals surface area contributed by atoms with Gasteiger partial charge in [-0.15, -0.1) is 11.3 Å². The van der Waals surface area contributed by atoms with Gasteiger partial charge in [0, 0.05) is 25.9 Å². The molecule has 3 aromatic rings. The van der Waals surface area contributed by atoms with E-state index in [1.54, 1.807) is 0 Å². The van der Waals surface area contributed by atoms with Crippen LogP contribution in [0.2, 0.25) is 0 Å². The van der Waals surface area contributed by atoms with Gasteiger partial charge in [-0.05, 0) is 17.7 Å². The number of nitrogens with two attached hydrogens (primary N) is 2. The summed E-state index contributed by atoms with van der Waals surface area (Å²) in [5.74, 6) is -0.172. The number of hydrogen-bond donors (Lipinski definition) is 2. The number of ether oxygens (including phenoxy) is 1. The largest absolute Gasteiger partial charge is 0.472 e. The minimum Gasteiger partial charge on any atom is -0.472 e. The number of carbonyl (C=O) groups is 2. The Balaban J connectivity index is 1.67. The average Bonchev–Trinajstić information content (AvgIpc) is 3.09. The number of nitrogens with zero attached hydrogens (tertiary/aromatic N) is 3. The van der Waals surface area contributed by atoms with Crippen LogP contribution in [-0.4, -0.2) is 34.7 Å². The lowest BCUT2D eigenvalue weighted by Gasteiger charge is -2.26. The van der Waals surface area contributed by atoms with E-state index in [2.05, 4.69) is 9.97 Å². The van der Waals surface area contributed by atoms with Crippen LogP contribution >= 0.6 is 11.3 Å². The number of halogens is 3. The predicted molar refractivity (Wildman–Crippen MR) is 113 cm³/mol. The summed E-state index contributed by atoms with van der Waals surface area (Å²) < 4.78 is 44.1. The van der Waals surface area contributed by atoms with E-state index in [1.165, 1.54) is 12.1 Å². The SMILES string of the molecule is NC(=O)c1sc2nc(N3CCC(=O)CC3)nc(OCc3ccc(C(F)(F)F)cc3)c2c1N. The second kappa shape index (κ2) is 8.26. The number of rotatable bonds is 5. The third-order valence-corrected chi connectivity index (χ3v) is 6.14. The zero-order valence-electron chi connectivity index (χ0n) is 16.6. The number of benzene rings is 1. The first-order valence-corrected chi connectivity index (χ1v) is 10.4. The highest BCUT2D eigenvalue weighted by molar-refractivity contribution is 7.21. The first-order chi connectivity index (χ1) is 15.1. The molecule has 1 fully saturated rings. The van der Waals surface area contributed by atoms with E-state index in [4.69, 9.17) is 16.2 Å². The lowest BCUT2D eigenvalue weighted by Crippen LogP contribution is -2.35. The number of primary amides is 1. The second-order valence-electron chi connectivity index (χ2n) is 7.23. The first-order valence-electron chi connectivity index (χ1n) is 9.59. The molecule has 1 aliphatic rings. The molecular weight excluding hydrogens is 447 g/mol. The molecule has 1 amide bonds. The van der Waals surface area contributed by atoms with Gasteiger partial charge in [0.15, 0.2) is 0 Å². The van der Waals surface area contributed by atoms with Crippen LogP contribution in [0, 0.1) is 0 Å². The summed E-state index contributed by atoms with van der Waals surface area (Å²) in [5.41, 5.74) is 11.3. The zero-order valence-corrected chi connectivity index (χ0v) is 17.4. The quantitative estimate of drug-likeness (QED) is 0.593. The van der Waals surface area contributed by atoms with E-state index in [0.29, 0.717) is 47.7 Å². The highest BCUT2D eigenvalue weighted by Gasteiger charge is 2.30. The Morgan fingerprint density at radius 2 is 1.81 bits per heavy atom. The predicted octanol–water partition coefficient (Wildman–Crippen LogP) is 3.14. The van der Waals surface area contributed by atoms with E-state index in [-0.39, 0.29) is 28.8 Å². The number of Topliss-reactive ketones (excluding diaryl/α,β-unsaturated/α-hetero) is 1. The van der Waals surface area contributed by atoms with Crippen molar-refractivity contribution in [1.82, 2.24) is 9.97 Å². The van der Waals surface area contributed by atoms with Gasteiger partial charge < -0.3 is 21.1 Å². The zero-order chi connectivity index (χ0) is 23.0. The van der Waals surface area contributed by atoms with Crippen molar-refractivity contribution in [3.63, 3.8) is 0 Å². The van der Waals surface area contributed by atoms with Gasteiger partial charge in [-0.2, -0.15) is 18.2 Å². The number of anilines is 2. The normalized spacial score (nSPS) is 14.7. The number of amides is 1. The van der Waals surface area contributed by atoms with Crippen molar-refractivity contribution in [3.05, 3.63) is 40.3 Å². The van der Waals surface area contributed by atoms with Crippen LogP contribution in [0.3, 0.4) is 0 Å². The molecule has 8 nitrogen and oxygen atoms in total. The van der Waals surface area contributed by atoms with Crippen molar-refractivity contribution in [2.24, 2.45) is 5.73 Å². The molecule has 0 radical (unpaired) electrons. The van der Waals surface area contributed by atoms with E-state index < -0.39 is 17.6 Å². The molecule has 32 heavy (non-hydrogen) atoms. The van der Waals surface area contributed by atoms with Crippen LogP contribution in [0.4, 0.5) is 24.8 Å². The molecule has 0 atom stereocenters. The summed E-state index contributed by atoms with van der Waals surface area (Å²) in [6.07, 6.45) is -3.70. The summed E-state index contributed by atoms with van der Waals surface area (Å²) in [6.45, 7) is 0.793. The Bertz CT molecular complexity index is 1180. The second-order valence-corrected chi connectivity index (χ2v) is 8.23. The highest BCUT2D eigenvalue weighted by Crippen LogP contribution is 2.39. The van der Waals surface area contributed by atoms with Gasteiger partial charge in [0.2, 0.25) is 11.8 Å². The number of thiophene rings is 1. The number of ketones is 1. The molecule has 0 unspecified atom stereocenters. The van der Waals surface area contributed by atoms with Gasteiger partial charge in [-0.3, -0.25) is 9.59 Å². The van der Waals surface area contributed by atoms with Gasteiger partial charge in [0.25, 0.3) is 5.91 Å². The third-order valence-electron chi connectivity index (χ3n) is 5.03. The van der Waals surface area contributed by atoms with Crippen molar-refractivity contribution in [2.75, 3.05) is 23.7 Å². The molecule has 1 aliphatic heterocycles. The number of fused-ring (bicyclic) bond motifs is 1. The van der Waals surface area contributed by atoms with Crippen molar-refractivity contribution >= 4 is 44.9 Å². The maximum Gasteiger partial charge on any atom is 0.416 e. The van der Waals surface area contributed by atoms with Crippen molar-refractivity contribution in [3.8, 4) is 5.88 Å². The Morgan fingerprint density at radius 1 is 1.16 bits per heavy atom. The topological polar surface area (TPSA) is 124 Å². The minimum absolute atomic E-state index is 0.0800. The molecule has 1 aromatic carbocycles. The molecule has 168 valence electrons. The lowest BCUT2D eigenvalue weighted by atomic mass is 10.1. The fourth-order valence-corrected chi connectivity index (χ4v) is 4.24. The highest BCUT2D eigenvalue weighted by atomic mass is 32.1. The molecule has 0 aliphatic carbocycles. The molecule has 2 aromatic heterocycles. The minimum atomic E-state index is -4.43. The monoisotopic (exact) mass is 465 g/mol. The molecule has 0 bridgehead atoms. The number of nitrogen functional groups attached to an aromatic ring is 1. The Kier molecular flexibility index (Phi) is 5.63. The third kappa shape index (κ3) is 4.31. The molecule has 0 spiro atoms. The Labute approximate surface area is 184 Å². The van der Waals surface area contributed by atoms with Crippen LogP contribution in [0.5, 0.6) is 5.88 Å². The molecule has 1 saturated heterocycles. The van der Waals surface area contributed by atoms with Gasteiger partial charge in [-0.1, -0.05) is 12.1 Å². The van der Waals surface area contributed by atoms with Crippen LogP contribution < -0.4 is 21.1 Å². The Hall–Kier alpha value is -3.41. The van der Waals surface area contributed by atoms with Crippen molar-refractivity contribution < 1.29 is 27.5 Å². The smallest absolute Gasteiger partial charge is 0.416 e. The molecule has 0 saturated carbocycles. The number of piperidine rings is 1. The Morgan fingerprint density at radius 3 is 2.41 bits per heavy atom. The first kappa shape index (κ1) is 21.8. The number of carbonyl (C=O) groups excluding carboxylic acids is 2. The van der Waals surface area contributed by atoms with Gasteiger partial charge in [-0.25, -0.2) is 4.98 Å². The number of aromatic nitrogens is 2. The van der Waals surface area contributed by atoms with E-state index in [0.717, 1.165) is 23.5 Å². The maximum atomic E-state index is 12.8. The van der Waals surface area contributed by atoms with Gasteiger partial charge in [0.1, 0.15) is 22.1 Å². The van der Waals surface area contributed by atoms with Crippen LogP contribution in [0.25, 0.3) is 10.2 Å². The van der Waals surface area contributed by atoms with Crippen LogP contribution in [-0.2, 0) is 17.6 Å². The summed E-state index contributed by atoms with van der Waals surface area (Å²) in [4.78, 5) is 34.5. The molecule has 3 heterocycles. The summed E-state index contributed by atoms with van der Waals surface area (Å²) in [6, 6.07) is 4.55. The van der Waals surface area contributed by atoms with E-state index >= 15 is 0 Å². The molecule has 12 heteroatoms. The van der Waals surface area contributed by atoms with Crippen molar-refractivity contribution in [2.45, 2.75) is 25.6 Å². The van der Waals surface area contributed by atoms with Crippen molar-refractivity contribution in [1.29, 1.82) is 0 Å². The molecule has 4 rings (SSSR count).